The summed E-state index contributed by atoms with van der Waals surface area (Å²) >= 11 is 0. The number of aromatic nitrogens is 1. The van der Waals surface area contributed by atoms with Crippen molar-refractivity contribution in [1.82, 2.24) is 9.47 Å². The molecule has 0 atom stereocenters. The van der Waals surface area contributed by atoms with E-state index in [9.17, 15) is 9.59 Å². The molecule has 1 aliphatic heterocycles. The molecule has 0 bridgehead atoms. The summed E-state index contributed by atoms with van der Waals surface area (Å²) in [5, 5.41) is 0. The molecule has 0 spiro atoms. The Hall–Kier alpha value is -1.62. The van der Waals surface area contributed by atoms with E-state index in [0.29, 0.717) is 19.7 Å². The van der Waals surface area contributed by atoms with Crippen LogP contribution < -0.4 is 5.56 Å². The highest BCUT2D eigenvalue weighted by Crippen LogP contribution is 2.13. The predicted octanol–water partition coefficient (Wildman–Crippen LogP) is 0.349. The Balaban J connectivity index is 2.11. The number of carbonyl (C=O) groups is 1. The largest absolute Gasteiger partial charge is 0.372 e. The molecule has 0 aliphatic carbocycles. The van der Waals surface area contributed by atoms with Crippen LogP contribution in [0.15, 0.2) is 16.9 Å². The van der Waals surface area contributed by atoms with Gasteiger partial charge in [0.15, 0.2) is 0 Å². The van der Waals surface area contributed by atoms with Gasteiger partial charge in [-0.2, -0.15) is 0 Å². The Bertz CT molecular complexity index is 522. The molecule has 0 fully saturated rings. The van der Waals surface area contributed by atoms with Crippen molar-refractivity contribution < 1.29 is 9.53 Å². The molecule has 5 heteroatoms. The van der Waals surface area contributed by atoms with E-state index in [1.54, 1.807) is 17.7 Å². The zero-order chi connectivity index (χ0) is 13.8. The van der Waals surface area contributed by atoms with E-state index < -0.39 is 0 Å². The fourth-order valence-corrected chi connectivity index (χ4v) is 2.42. The Morgan fingerprint density at radius 2 is 2.05 bits per heavy atom. The minimum Gasteiger partial charge on any atom is -0.372 e. The summed E-state index contributed by atoms with van der Waals surface area (Å²) in [7, 11) is 1.79. The summed E-state index contributed by atoms with van der Waals surface area (Å²) in [6.07, 6.45) is 1.51. The monoisotopic (exact) mass is 264 g/mol. The first-order valence-electron chi connectivity index (χ1n) is 6.66. The van der Waals surface area contributed by atoms with Crippen molar-refractivity contribution in [3.63, 3.8) is 0 Å². The second-order valence-corrected chi connectivity index (χ2v) is 4.72. The van der Waals surface area contributed by atoms with Gasteiger partial charge in [-0.1, -0.05) is 6.07 Å². The zero-order valence-electron chi connectivity index (χ0n) is 11.5. The Morgan fingerprint density at radius 3 is 2.79 bits per heavy atom. The maximum Gasteiger partial charge on any atom is 0.250 e. The van der Waals surface area contributed by atoms with Crippen LogP contribution in [-0.4, -0.2) is 41.7 Å². The van der Waals surface area contributed by atoms with E-state index in [0.717, 1.165) is 24.1 Å². The second-order valence-electron chi connectivity index (χ2n) is 4.72. The van der Waals surface area contributed by atoms with Gasteiger partial charge in [0.05, 0.1) is 0 Å². The van der Waals surface area contributed by atoms with Crippen LogP contribution in [0.4, 0.5) is 0 Å². The molecule has 104 valence electrons. The summed E-state index contributed by atoms with van der Waals surface area (Å²) in [6.45, 7) is 3.91. The number of hydrogen-bond donors (Lipinski definition) is 0. The standard InChI is InChI=1S/C14H20N2O3/c1-3-19-10-14(18)16-8-6-11-4-5-13(17)15(2)12(11)7-9-16/h4-5H,3,6-10H2,1-2H3. The van der Waals surface area contributed by atoms with E-state index in [1.807, 2.05) is 17.9 Å². The van der Waals surface area contributed by atoms with Crippen LogP contribution in [0.25, 0.3) is 0 Å². The number of hydrogen-bond acceptors (Lipinski definition) is 3. The molecule has 0 N–H and O–H groups in total. The number of fused-ring (bicyclic) bond motifs is 1. The smallest absolute Gasteiger partial charge is 0.250 e. The molecule has 19 heavy (non-hydrogen) atoms. The number of nitrogens with zero attached hydrogens (tertiary/aromatic N) is 2. The molecule has 2 rings (SSSR count). The summed E-state index contributed by atoms with van der Waals surface area (Å²) in [5.74, 6) is 0.0275. The molecule has 2 heterocycles. The van der Waals surface area contributed by atoms with Crippen LogP contribution in [0, 0.1) is 0 Å². The van der Waals surface area contributed by atoms with E-state index in [1.165, 1.54) is 0 Å². The Labute approximate surface area is 112 Å². The van der Waals surface area contributed by atoms with Gasteiger partial charge in [0.25, 0.3) is 0 Å². The van der Waals surface area contributed by atoms with Crippen LogP contribution in [-0.2, 0) is 29.4 Å². The van der Waals surface area contributed by atoms with Gasteiger partial charge in [-0.3, -0.25) is 9.59 Å². The Kier molecular flexibility index (Phi) is 4.37. The van der Waals surface area contributed by atoms with Crippen molar-refractivity contribution >= 4 is 5.91 Å². The first-order chi connectivity index (χ1) is 9.13. The highest BCUT2D eigenvalue weighted by Gasteiger charge is 2.19. The van der Waals surface area contributed by atoms with Crippen LogP contribution in [0.5, 0.6) is 0 Å². The van der Waals surface area contributed by atoms with Crippen molar-refractivity contribution in [2.45, 2.75) is 19.8 Å². The lowest BCUT2D eigenvalue weighted by molar-refractivity contribution is -0.135. The second kappa shape index (κ2) is 6.02. The maximum absolute atomic E-state index is 11.9. The molecule has 1 aromatic rings. The minimum atomic E-state index is 0.00726. The molecule has 1 aliphatic rings. The van der Waals surface area contributed by atoms with E-state index in [-0.39, 0.29) is 18.1 Å². The Morgan fingerprint density at radius 1 is 1.32 bits per heavy atom. The summed E-state index contributed by atoms with van der Waals surface area (Å²) in [6, 6.07) is 3.48. The molecule has 0 saturated carbocycles. The number of pyridine rings is 1. The van der Waals surface area contributed by atoms with E-state index in [4.69, 9.17) is 4.74 Å². The quantitative estimate of drug-likeness (QED) is 0.791. The fourth-order valence-electron chi connectivity index (χ4n) is 2.42. The van der Waals surface area contributed by atoms with Gasteiger partial charge >= 0.3 is 0 Å². The van der Waals surface area contributed by atoms with E-state index in [2.05, 4.69) is 0 Å². The summed E-state index contributed by atoms with van der Waals surface area (Å²) < 4.78 is 6.85. The van der Waals surface area contributed by atoms with Gasteiger partial charge < -0.3 is 14.2 Å². The lowest BCUT2D eigenvalue weighted by Crippen LogP contribution is -2.36. The van der Waals surface area contributed by atoms with Gasteiger partial charge in [0.1, 0.15) is 6.61 Å². The van der Waals surface area contributed by atoms with E-state index >= 15 is 0 Å². The molecule has 1 amide bonds. The first kappa shape index (κ1) is 13.8. The van der Waals surface area contributed by atoms with Crippen molar-refractivity contribution in [3.05, 3.63) is 33.7 Å². The molecule has 1 aromatic heterocycles. The molecular weight excluding hydrogens is 244 g/mol. The highest BCUT2D eigenvalue weighted by molar-refractivity contribution is 5.77. The third-order valence-electron chi connectivity index (χ3n) is 3.59. The lowest BCUT2D eigenvalue weighted by Gasteiger charge is -2.19. The van der Waals surface area contributed by atoms with Gasteiger partial charge in [-0.25, -0.2) is 0 Å². The van der Waals surface area contributed by atoms with Gasteiger partial charge in [0, 0.05) is 44.9 Å². The number of amides is 1. The summed E-state index contributed by atoms with van der Waals surface area (Å²) in [4.78, 5) is 25.4. The van der Waals surface area contributed by atoms with Crippen LogP contribution >= 0.6 is 0 Å². The van der Waals surface area contributed by atoms with Crippen molar-refractivity contribution in [1.29, 1.82) is 0 Å². The van der Waals surface area contributed by atoms with Crippen molar-refractivity contribution in [3.8, 4) is 0 Å². The molecule has 0 unspecified atom stereocenters. The normalized spacial score (nSPS) is 14.9. The minimum absolute atomic E-state index is 0.00726. The van der Waals surface area contributed by atoms with Gasteiger partial charge in [-0.15, -0.1) is 0 Å². The number of rotatable bonds is 3. The highest BCUT2D eigenvalue weighted by atomic mass is 16.5. The van der Waals surface area contributed by atoms with Gasteiger partial charge in [-0.05, 0) is 18.9 Å². The average molecular weight is 264 g/mol. The fraction of sp³-hybridized carbons (Fsp3) is 0.571. The van der Waals surface area contributed by atoms with Crippen LogP contribution in [0.2, 0.25) is 0 Å². The molecule has 0 saturated heterocycles. The van der Waals surface area contributed by atoms with Crippen molar-refractivity contribution in [2.24, 2.45) is 7.05 Å². The molecule has 5 nitrogen and oxygen atoms in total. The SMILES string of the molecule is CCOCC(=O)N1CCc2ccc(=O)n(C)c2CC1. The topological polar surface area (TPSA) is 51.5 Å². The maximum atomic E-state index is 11.9. The third kappa shape index (κ3) is 3.04. The number of carbonyl (C=O) groups excluding carboxylic acids is 1. The third-order valence-corrected chi connectivity index (χ3v) is 3.59. The van der Waals surface area contributed by atoms with Gasteiger partial charge in [0.2, 0.25) is 11.5 Å². The lowest BCUT2D eigenvalue weighted by atomic mass is 10.1. The van der Waals surface area contributed by atoms with Crippen LogP contribution in [0.3, 0.4) is 0 Å². The first-order valence-corrected chi connectivity index (χ1v) is 6.66. The zero-order valence-corrected chi connectivity index (χ0v) is 11.5. The van der Waals surface area contributed by atoms with Crippen LogP contribution in [0.1, 0.15) is 18.2 Å². The number of ether oxygens (including phenoxy) is 1. The molecular formula is C14H20N2O3. The molecule has 0 aromatic carbocycles. The predicted molar refractivity (Wildman–Crippen MR) is 72.2 cm³/mol. The average Bonchev–Trinajstić information content (AvgIpc) is 2.63. The van der Waals surface area contributed by atoms with Crippen molar-refractivity contribution in [2.75, 3.05) is 26.3 Å². The summed E-state index contributed by atoms with van der Waals surface area (Å²) in [5.41, 5.74) is 2.21. The molecule has 0 radical (unpaired) electrons.